The first kappa shape index (κ1) is 16.7. The van der Waals surface area contributed by atoms with Gasteiger partial charge in [0.05, 0.1) is 0 Å². The van der Waals surface area contributed by atoms with Gasteiger partial charge in [-0.2, -0.15) is 18.8 Å². The van der Waals surface area contributed by atoms with E-state index >= 15 is 0 Å². The Labute approximate surface area is 125 Å². The van der Waals surface area contributed by atoms with Crippen molar-refractivity contribution in [3.8, 4) is 0 Å². The SMILES string of the molecule is CC(C)=CCCC1C(C)[C-](C)C(C)C1C.[Na+]. The number of allylic oxidation sites excluding steroid dienone is 2. The molecule has 0 aromatic heterocycles. The Morgan fingerprint density at radius 1 is 1.12 bits per heavy atom. The Kier molecular flexibility index (Phi) is 7.57. The maximum absolute atomic E-state index is 2.44. The third kappa shape index (κ3) is 3.89. The van der Waals surface area contributed by atoms with Gasteiger partial charge in [-0.05, 0) is 26.7 Å². The fourth-order valence-corrected chi connectivity index (χ4v) is 3.07. The second-order valence-electron chi connectivity index (χ2n) is 5.70. The van der Waals surface area contributed by atoms with Crippen LogP contribution in [0, 0.1) is 29.6 Å². The fourth-order valence-electron chi connectivity index (χ4n) is 3.07. The van der Waals surface area contributed by atoms with Gasteiger partial charge in [-0.15, -0.1) is 0 Å². The largest absolute Gasteiger partial charge is 1.00 e. The molecule has 0 bridgehead atoms. The van der Waals surface area contributed by atoms with E-state index in [1.54, 1.807) is 5.92 Å². The molecule has 16 heavy (non-hydrogen) atoms. The van der Waals surface area contributed by atoms with Crippen LogP contribution < -0.4 is 29.6 Å². The minimum Gasteiger partial charge on any atom is -0.311 e. The fraction of sp³-hybridized carbons (Fsp3) is 0.800. The number of hydrogen-bond acceptors (Lipinski definition) is 0. The molecule has 0 radical (unpaired) electrons. The van der Waals surface area contributed by atoms with E-state index in [1.807, 2.05) is 0 Å². The van der Waals surface area contributed by atoms with Crippen molar-refractivity contribution in [1.29, 1.82) is 0 Å². The van der Waals surface area contributed by atoms with Gasteiger partial charge < -0.3 is 5.92 Å². The predicted molar refractivity (Wildman–Crippen MR) is 68.6 cm³/mol. The Hall–Kier alpha value is 0.740. The molecule has 0 amide bonds. The molecule has 0 spiro atoms. The summed E-state index contributed by atoms with van der Waals surface area (Å²) in [7, 11) is 0. The maximum atomic E-state index is 2.44. The van der Waals surface area contributed by atoms with Gasteiger partial charge in [0, 0.05) is 0 Å². The molecule has 0 aromatic rings. The summed E-state index contributed by atoms with van der Waals surface area (Å²) in [4.78, 5) is 0. The van der Waals surface area contributed by atoms with Crippen LogP contribution in [0.1, 0.15) is 54.4 Å². The van der Waals surface area contributed by atoms with Gasteiger partial charge >= 0.3 is 29.6 Å². The molecule has 1 fully saturated rings. The van der Waals surface area contributed by atoms with Crippen LogP contribution in [0.25, 0.3) is 0 Å². The van der Waals surface area contributed by atoms with E-state index in [0.29, 0.717) is 0 Å². The minimum atomic E-state index is 0. The molecule has 0 saturated heterocycles. The van der Waals surface area contributed by atoms with Crippen molar-refractivity contribution >= 4 is 0 Å². The average Bonchev–Trinajstić information content (AvgIpc) is 2.34. The zero-order chi connectivity index (χ0) is 11.6. The first-order valence-corrected chi connectivity index (χ1v) is 6.41. The molecule has 1 aliphatic rings. The molecule has 1 rings (SSSR count). The van der Waals surface area contributed by atoms with Gasteiger partial charge in [0.25, 0.3) is 0 Å². The van der Waals surface area contributed by atoms with Crippen molar-refractivity contribution in [3.63, 3.8) is 0 Å². The van der Waals surface area contributed by atoms with Crippen molar-refractivity contribution in [2.24, 2.45) is 23.7 Å². The smallest absolute Gasteiger partial charge is 0.311 e. The summed E-state index contributed by atoms with van der Waals surface area (Å²) in [6.07, 6.45) is 5.02. The third-order valence-corrected chi connectivity index (χ3v) is 4.60. The molecule has 1 aliphatic carbocycles. The van der Waals surface area contributed by atoms with Crippen molar-refractivity contribution in [2.75, 3.05) is 0 Å². The quantitative estimate of drug-likeness (QED) is 0.394. The van der Waals surface area contributed by atoms with Gasteiger partial charge in [0.1, 0.15) is 0 Å². The van der Waals surface area contributed by atoms with Gasteiger partial charge in [0.15, 0.2) is 0 Å². The molecule has 0 N–H and O–H groups in total. The molecule has 88 valence electrons. The van der Waals surface area contributed by atoms with E-state index in [-0.39, 0.29) is 29.6 Å². The normalized spacial score (nSPS) is 34.6. The van der Waals surface area contributed by atoms with E-state index in [0.717, 1.165) is 23.7 Å². The molecule has 4 unspecified atom stereocenters. The summed E-state index contributed by atoms with van der Waals surface area (Å²) < 4.78 is 0. The molecule has 0 heterocycles. The van der Waals surface area contributed by atoms with Crippen molar-refractivity contribution in [2.45, 2.75) is 54.4 Å². The molecule has 0 aromatic carbocycles. The summed E-state index contributed by atoms with van der Waals surface area (Å²) in [5.41, 5.74) is 1.46. The van der Waals surface area contributed by atoms with Crippen LogP contribution in [0.5, 0.6) is 0 Å². The van der Waals surface area contributed by atoms with E-state index < -0.39 is 0 Å². The number of rotatable bonds is 3. The van der Waals surface area contributed by atoms with Crippen molar-refractivity contribution in [3.05, 3.63) is 17.6 Å². The molecule has 1 saturated carbocycles. The van der Waals surface area contributed by atoms with E-state index in [4.69, 9.17) is 0 Å². The van der Waals surface area contributed by atoms with Crippen LogP contribution in [-0.2, 0) is 0 Å². The van der Waals surface area contributed by atoms with E-state index in [1.165, 1.54) is 18.4 Å². The van der Waals surface area contributed by atoms with Gasteiger partial charge in [-0.25, -0.2) is 0 Å². The Bertz CT molecular complexity index is 214. The number of hydrogen-bond donors (Lipinski definition) is 0. The second-order valence-corrected chi connectivity index (χ2v) is 5.70. The molecule has 4 atom stereocenters. The summed E-state index contributed by atoms with van der Waals surface area (Å²) in [6, 6.07) is 0. The van der Waals surface area contributed by atoms with Crippen LogP contribution in [0.3, 0.4) is 0 Å². The monoisotopic (exact) mass is 230 g/mol. The molecular weight excluding hydrogens is 203 g/mol. The van der Waals surface area contributed by atoms with E-state index in [9.17, 15) is 0 Å². The van der Waals surface area contributed by atoms with Crippen LogP contribution in [0.15, 0.2) is 11.6 Å². The summed E-state index contributed by atoms with van der Waals surface area (Å²) in [6.45, 7) is 14.0. The molecular formula is C15H27Na. The van der Waals surface area contributed by atoms with Crippen LogP contribution in [-0.4, -0.2) is 0 Å². The molecule has 0 aliphatic heterocycles. The van der Waals surface area contributed by atoms with Crippen LogP contribution in [0.2, 0.25) is 0 Å². The van der Waals surface area contributed by atoms with Crippen molar-refractivity contribution in [1.82, 2.24) is 0 Å². The summed E-state index contributed by atoms with van der Waals surface area (Å²) in [5.74, 6) is 5.18. The first-order valence-electron chi connectivity index (χ1n) is 6.41. The standard InChI is InChI=1S/C15H27.Na/c1-10(2)8-7-9-15-13(5)11(3)12(4)14(15)6;/h8,11,13-15H,7,9H2,1-6H3;/q-1;+1. The van der Waals surface area contributed by atoms with E-state index in [2.05, 4.69) is 47.6 Å². The van der Waals surface area contributed by atoms with Gasteiger partial charge in [-0.1, -0.05) is 44.3 Å². The third-order valence-electron chi connectivity index (χ3n) is 4.60. The van der Waals surface area contributed by atoms with Crippen LogP contribution >= 0.6 is 0 Å². The summed E-state index contributed by atoms with van der Waals surface area (Å²) >= 11 is 0. The Morgan fingerprint density at radius 3 is 2.06 bits per heavy atom. The maximum Gasteiger partial charge on any atom is 1.00 e. The van der Waals surface area contributed by atoms with Crippen molar-refractivity contribution < 1.29 is 29.6 Å². The first-order chi connectivity index (χ1) is 6.95. The van der Waals surface area contributed by atoms with Gasteiger partial charge in [0.2, 0.25) is 0 Å². The minimum absolute atomic E-state index is 0. The topological polar surface area (TPSA) is 0 Å². The zero-order valence-electron chi connectivity index (χ0n) is 12.3. The molecule has 1 heteroatoms. The van der Waals surface area contributed by atoms with Gasteiger partial charge in [-0.3, -0.25) is 0 Å². The summed E-state index contributed by atoms with van der Waals surface area (Å²) in [5, 5.41) is 0. The Morgan fingerprint density at radius 2 is 1.69 bits per heavy atom. The second kappa shape index (κ2) is 7.24. The zero-order valence-corrected chi connectivity index (χ0v) is 14.3. The Balaban J connectivity index is 0.00000225. The molecule has 0 nitrogen and oxygen atoms in total. The predicted octanol–water partition coefficient (Wildman–Crippen LogP) is 1.87. The average molecular weight is 230 g/mol. The van der Waals surface area contributed by atoms with Crippen LogP contribution in [0.4, 0.5) is 0 Å².